The largest absolute Gasteiger partial charge is 0.451 e. The van der Waals surface area contributed by atoms with E-state index in [1.165, 1.54) is 4.90 Å². The standard InChI is InChI=1S/C25H27N7O3/c1-29(2)25(34)23-14-19-13-17(6-7-22(19)35-23)18-5-4-10-31(15-18)24(33)20(16-32-12-9-26-28-32)21-8-11-30(3)27-21/h5-9,11-14,20H,4,10,15-16H2,1-3H3. The topological polar surface area (TPSA) is 102 Å². The number of aromatic nitrogens is 5. The smallest absolute Gasteiger partial charge is 0.289 e. The summed E-state index contributed by atoms with van der Waals surface area (Å²) in [7, 11) is 5.23. The van der Waals surface area contributed by atoms with Crippen molar-refractivity contribution in [2.75, 3.05) is 27.2 Å². The lowest BCUT2D eigenvalue weighted by molar-refractivity contribution is -0.132. The van der Waals surface area contributed by atoms with Crippen LogP contribution >= 0.6 is 0 Å². The van der Waals surface area contributed by atoms with Gasteiger partial charge in [-0.05, 0) is 41.8 Å². The van der Waals surface area contributed by atoms with Crippen molar-refractivity contribution >= 4 is 28.4 Å². The molecule has 0 N–H and O–H groups in total. The molecule has 0 bridgehead atoms. The molecular formula is C25H27N7O3. The third-order valence-electron chi connectivity index (χ3n) is 6.20. The SMILES string of the molecule is CN(C)C(=O)c1cc2cc(C3=CCCN(C(=O)C(Cn4ccnn4)c4ccn(C)n4)C3)ccc2o1. The monoisotopic (exact) mass is 473 g/mol. The number of fused-ring (bicyclic) bond motifs is 1. The van der Waals surface area contributed by atoms with E-state index >= 15 is 0 Å². The Hall–Kier alpha value is -4.21. The van der Waals surface area contributed by atoms with Gasteiger partial charge in [0, 0.05) is 52.0 Å². The molecule has 0 saturated heterocycles. The molecule has 1 aliphatic heterocycles. The minimum absolute atomic E-state index is 0.00746. The van der Waals surface area contributed by atoms with Crippen molar-refractivity contribution in [3.8, 4) is 0 Å². The maximum Gasteiger partial charge on any atom is 0.289 e. The van der Waals surface area contributed by atoms with Crippen LogP contribution in [0.25, 0.3) is 16.5 Å². The second kappa shape index (κ2) is 9.21. The first-order valence-corrected chi connectivity index (χ1v) is 11.5. The zero-order valence-corrected chi connectivity index (χ0v) is 20.0. The number of hydrogen-bond acceptors (Lipinski definition) is 6. The highest BCUT2D eigenvalue weighted by Crippen LogP contribution is 2.29. The molecule has 1 aliphatic rings. The molecule has 1 aromatic carbocycles. The number of carbonyl (C=O) groups excluding carboxylic acids is 2. The number of aryl methyl sites for hydroxylation is 1. The first kappa shape index (κ1) is 22.6. The van der Waals surface area contributed by atoms with Gasteiger partial charge in [-0.3, -0.25) is 19.0 Å². The van der Waals surface area contributed by atoms with Crippen LogP contribution in [0.1, 0.15) is 34.2 Å². The first-order chi connectivity index (χ1) is 16.9. The molecule has 4 aromatic rings. The van der Waals surface area contributed by atoms with Gasteiger partial charge in [0.05, 0.1) is 18.4 Å². The lowest BCUT2D eigenvalue weighted by atomic mass is 9.97. The molecule has 10 heteroatoms. The maximum atomic E-state index is 13.7. The van der Waals surface area contributed by atoms with E-state index in [9.17, 15) is 9.59 Å². The summed E-state index contributed by atoms with van der Waals surface area (Å²) in [6.07, 6.45) is 8.12. The van der Waals surface area contributed by atoms with E-state index in [2.05, 4.69) is 21.5 Å². The van der Waals surface area contributed by atoms with E-state index in [0.717, 1.165) is 22.9 Å². The fourth-order valence-electron chi connectivity index (χ4n) is 4.36. The molecule has 0 aliphatic carbocycles. The average molecular weight is 474 g/mol. The van der Waals surface area contributed by atoms with E-state index in [4.69, 9.17) is 4.42 Å². The van der Waals surface area contributed by atoms with Crippen LogP contribution in [0.5, 0.6) is 0 Å². The van der Waals surface area contributed by atoms with E-state index in [1.807, 2.05) is 42.4 Å². The summed E-state index contributed by atoms with van der Waals surface area (Å²) in [6, 6.07) is 9.50. The highest BCUT2D eigenvalue weighted by Gasteiger charge is 2.30. The Labute approximate surface area is 202 Å². The van der Waals surface area contributed by atoms with E-state index in [-0.39, 0.29) is 11.8 Å². The van der Waals surface area contributed by atoms with Crippen LogP contribution in [-0.2, 0) is 18.4 Å². The minimum Gasteiger partial charge on any atom is -0.451 e. The van der Waals surface area contributed by atoms with Gasteiger partial charge < -0.3 is 14.2 Å². The van der Waals surface area contributed by atoms with Crippen molar-refractivity contribution in [1.29, 1.82) is 0 Å². The number of hydrogen-bond donors (Lipinski definition) is 0. The average Bonchev–Trinajstić information content (AvgIpc) is 3.62. The highest BCUT2D eigenvalue weighted by atomic mass is 16.3. The van der Waals surface area contributed by atoms with E-state index in [1.54, 1.807) is 41.9 Å². The number of rotatable bonds is 6. The van der Waals surface area contributed by atoms with E-state index in [0.29, 0.717) is 36.7 Å². The summed E-state index contributed by atoms with van der Waals surface area (Å²) < 4.78 is 9.09. The van der Waals surface area contributed by atoms with Crippen LogP contribution in [0.2, 0.25) is 0 Å². The second-order valence-corrected chi connectivity index (χ2v) is 8.93. The number of carbonyl (C=O) groups is 2. The summed E-state index contributed by atoms with van der Waals surface area (Å²) in [5, 5.41) is 13.3. The maximum absolute atomic E-state index is 13.7. The van der Waals surface area contributed by atoms with Crippen LogP contribution in [0, 0.1) is 0 Å². The summed E-state index contributed by atoms with van der Waals surface area (Å²) in [5.74, 6) is -0.325. The molecule has 5 rings (SSSR count). The molecule has 35 heavy (non-hydrogen) atoms. The first-order valence-electron chi connectivity index (χ1n) is 11.5. The van der Waals surface area contributed by atoms with Crippen LogP contribution < -0.4 is 0 Å². The summed E-state index contributed by atoms with van der Waals surface area (Å²) >= 11 is 0. The molecule has 4 heterocycles. The fraction of sp³-hybridized carbons (Fsp3) is 0.320. The molecule has 1 unspecified atom stereocenters. The van der Waals surface area contributed by atoms with Crippen molar-refractivity contribution in [1.82, 2.24) is 34.6 Å². The van der Waals surface area contributed by atoms with Gasteiger partial charge in [0.2, 0.25) is 5.91 Å². The van der Waals surface area contributed by atoms with Crippen molar-refractivity contribution in [2.24, 2.45) is 7.05 Å². The summed E-state index contributed by atoms with van der Waals surface area (Å²) in [4.78, 5) is 29.3. The van der Waals surface area contributed by atoms with Crippen molar-refractivity contribution in [2.45, 2.75) is 18.9 Å². The van der Waals surface area contributed by atoms with Gasteiger partial charge >= 0.3 is 0 Å². The normalized spacial score (nSPS) is 14.7. The molecule has 0 spiro atoms. The number of furan rings is 1. The third-order valence-corrected chi connectivity index (χ3v) is 6.20. The van der Waals surface area contributed by atoms with Crippen molar-refractivity contribution in [3.63, 3.8) is 0 Å². The Balaban J connectivity index is 1.38. The van der Waals surface area contributed by atoms with Gasteiger partial charge in [-0.1, -0.05) is 17.4 Å². The van der Waals surface area contributed by atoms with Gasteiger partial charge in [0.15, 0.2) is 5.76 Å². The number of benzene rings is 1. The summed E-state index contributed by atoms with van der Waals surface area (Å²) in [6.45, 7) is 1.50. The predicted molar refractivity (Wildman–Crippen MR) is 129 cm³/mol. The molecule has 0 radical (unpaired) electrons. The highest BCUT2D eigenvalue weighted by molar-refractivity contribution is 5.96. The third kappa shape index (κ3) is 4.59. The number of nitrogens with zero attached hydrogens (tertiary/aromatic N) is 7. The van der Waals surface area contributed by atoms with E-state index < -0.39 is 5.92 Å². The van der Waals surface area contributed by atoms with Crippen LogP contribution in [0.4, 0.5) is 0 Å². The number of amides is 2. The van der Waals surface area contributed by atoms with Gasteiger partial charge in [0.25, 0.3) is 5.91 Å². The van der Waals surface area contributed by atoms with Gasteiger partial charge in [-0.25, -0.2) is 0 Å². The fourth-order valence-corrected chi connectivity index (χ4v) is 4.36. The Morgan fingerprint density at radius 1 is 1.17 bits per heavy atom. The van der Waals surface area contributed by atoms with Crippen molar-refractivity contribution in [3.05, 3.63) is 72.0 Å². The second-order valence-electron chi connectivity index (χ2n) is 8.93. The van der Waals surface area contributed by atoms with Crippen LogP contribution in [-0.4, -0.2) is 73.6 Å². The molecule has 3 aromatic heterocycles. The van der Waals surface area contributed by atoms with Crippen LogP contribution in [0.15, 0.2) is 59.4 Å². The Morgan fingerprint density at radius 3 is 2.74 bits per heavy atom. The molecular weight excluding hydrogens is 446 g/mol. The van der Waals surface area contributed by atoms with Gasteiger partial charge in [-0.15, -0.1) is 5.10 Å². The zero-order valence-electron chi connectivity index (χ0n) is 20.0. The quantitative estimate of drug-likeness (QED) is 0.427. The lowest BCUT2D eigenvalue weighted by Crippen LogP contribution is -2.40. The van der Waals surface area contributed by atoms with Crippen LogP contribution in [0.3, 0.4) is 0 Å². The summed E-state index contributed by atoms with van der Waals surface area (Å²) in [5.41, 5.74) is 3.44. The lowest BCUT2D eigenvalue weighted by Gasteiger charge is -2.30. The minimum atomic E-state index is -0.465. The molecule has 180 valence electrons. The molecule has 2 amide bonds. The Bertz CT molecular complexity index is 1400. The Morgan fingerprint density at radius 2 is 2.03 bits per heavy atom. The zero-order chi connectivity index (χ0) is 24.5. The predicted octanol–water partition coefficient (Wildman–Crippen LogP) is 2.56. The van der Waals surface area contributed by atoms with Gasteiger partial charge in [-0.2, -0.15) is 5.10 Å². The molecule has 0 saturated carbocycles. The Kier molecular flexibility index (Phi) is 5.94. The van der Waals surface area contributed by atoms with Gasteiger partial charge in [0.1, 0.15) is 11.5 Å². The molecule has 10 nitrogen and oxygen atoms in total. The van der Waals surface area contributed by atoms with Crippen molar-refractivity contribution < 1.29 is 14.0 Å². The molecule has 1 atom stereocenters. The molecule has 0 fully saturated rings.